The van der Waals surface area contributed by atoms with E-state index in [0.717, 1.165) is 23.1 Å². The quantitative estimate of drug-likeness (QED) is 0.851. The zero-order valence-electron chi connectivity index (χ0n) is 11.5. The van der Waals surface area contributed by atoms with Crippen LogP contribution < -0.4 is 0 Å². The van der Waals surface area contributed by atoms with Gasteiger partial charge in [0.1, 0.15) is 5.78 Å². The van der Waals surface area contributed by atoms with Gasteiger partial charge in [-0.3, -0.25) is 9.36 Å². The number of carbonyl (C=O) groups excluding carboxylic acids is 1. The van der Waals surface area contributed by atoms with Crippen LogP contribution in [0.4, 0.5) is 8.78 Å². The number of carbonyl (C=O) groups is 1. The van der Waals surface area contributed by atoms with Crippen molar-refractivity contribution in [2.75, 3.05) is 0 Å². The maximum Gasteiger partial charge on any atom is 0.202 e. The number of hydrogen-bond acceptors (Lipinski definition) is 3. The molecule has 0 amide bonds. The second-order valence-electron chi connectivity index (χ2n) is 5.91. The van der Waals surface area contributed by atoms with E-state index in [1.165, 1.54) is 6.07 Å². The van der Waals surface area contributed by atoms with Gasteiger partial charge < -0.3 is 10.2 Å². The molecule has 1 saturated carbocycles. The third-order valence-corrected chi connectivity index (χ3v) is 4.75. The first-order valence-electron chi connectivity index (χ1n) is 7.13. The number of halogens is 2. The van der Waals surface area contributed by atoms with Crippen molar-refractivity contribution >= 4 is 5.78 Å². The Morgan fingerprint density at radius 3 is 2.45 bits per heavy atom. The molecule has 3 aliphatic rings. The van der Waals surface area contributed by atoms with E-state index in [2.05, 4.69) is 0 Å². The van der Waals surface area contributed by atoms with Crippen LogP contribution in [0.5, 0.6) is 11.8 Å². The number of aromatic hydroxyl groups is 2. The van der Waals surface area contributed by atoms with Gasteiger partial charge in [0.15, 0.2) is 11.6 Å². The van der Waals surface area contributed by atoms with Crippen molar-refractivity contribution in [2.24, 2.45) is 0 Å². The number of ketones is 1. The Labute approximate surface area is 124 Å². The molecular weight excluding hydrogens is 292 g/mol. The van der Waals surface area contributed by atoms with E-state index >= 15 is 0 Å². The zero-order chi connectivity index (χ0) is 15.6. The fourth-order valence-corrected chi connectivity index (χ4v) is 3.76. The summed E-state index contributed by atoms with van der Waals surface area (Å²) in [4.78, 5) is 12.0. The molecule has 5 rings (SSSR count). The molecule has 0 aliphatic heterocycles. The van der Waals surface area contributed by atoms with Crippen LogP contribution in [0.25, 0.3) is 5.69 Å². The highest BCUT2D eigenvalue weighted by Gasteiger charge is 2.45. The smallest absolute Gasteiger partial charge is 0.202 e. The lowest BCUT2D eigenvalue weighted by molar-refractivity contribution is -0.123. The van der Waals surface area contributed by atoms with Crippen LogP contribution in [0.2, 0.25) is 0 Å². The molecule has 6 heteroatoms. The molecule has 1 fully saturated rings. The number of benzene rings is 1. The average molecular weight is 305 g/mol. The van der Waals surface area contributed by atoms with Crippen molar-refractivity contribution in [3.63, 3.8) is 0 Å². The first-order chi connectivity index (χ1) is 10.5. The number of hydrogen-bond donors (Lipinski definition) is 2. The lowest BCUT2D eigenvalue weighted by atomic mass is 9.67. The molecule has 22 heavy (non-hydrogen) atoms. The fraction of sp³-hybridized carbons (Fsp3) is 0.312. The molecule has 114 valence electrons. The van der Waals surface area contributed by atoms with Crippen LogP contribution in [-0.2, 0) is 4.79 Å². The summed E-state index contributed by atoms with van der Waals surface area (Å²) in [5, 5.41) is 20.9. The Morgan fingerprint density at radius 1 is 1.05 bits per heavy atom. The second kappa shape index (κ2) is 4.32. The van der Waals surface area contributed by atoms with Crippen LogP contribution in [0.15, 0.2) is 18.2 Å². The molecule has 4 nitrogen and oxygen atoms in total. The van der Waals surface area contributed by atoms with Crippen LogP contribution in [-0.4, -0.2) is 20.6 Å². The van der Waals surface area contributed by atoms with E-state index in [-0.39, 0.29) is 29.1 Å². The number of fused-ring (bicyclic) bond motifs is 2. The summed E-state index contributed by atoms with van der Waals surface area (Å²) in [5.41, 5.74) is 1.13. The molecule has 2 bridgehead atoms. The summed E-state index contributed by atoms with van der Waals surface area (Å²) in [7, 11) is 0. The maximum atomic E-state index is 13.4. The van der Waals surface area contributed by atoms with E-state index in [1.807, 2.05) is 0 Å². The van der Waals surface area contributed by atoms with Gasteiger partial charge >= 0.3 is 0 Å². The minimum atomic E-state index is -1.07. The van der Waals surface area contributed by atoms with Crippen molar-refractivity contribution in [1.29, 1.82) is 0 Å². The Hall–Kier alpha value is -2.37. The largest absolute Gasteiger partial charge is 0.494 e. The average Bonchev–Trinajstić information content (AvgIpc) is 2.76. The molecule has 3 aliphatic carbocycles. The predicted octanol–water partition coefficient (Wildman–Crippen LogP) is 3.10. The summed E-state index contributed by atoms with van der Waals surface area (Å²) in [6.07, 6.45) is 1.77. The van der Waals surface area contributed by atoms with E-state index in [0.29, 0.717) is 24.0 Å². The zero-order valence-corrected chi connectivity index (χ0v) is 11.5. The van der Waals surface area contributed by atoms with E-state index < -0.39 is 17.6 Å². The lowest BCUT2D eigenvalue weighted by Crippen LogP contribution is -2.28. The Bertz CT molecular complexity index is 812. The van der Waals surface area contributed by atoms with Gasteiger partial charge in [0, 0.05) is 29.5 Å². The van der Waals surface area contributed by atoms with E-state index in [4.69, 9.17) is 0 Å². The first kappa shape index (κ1) is 13.3. The molecule has 2 atom stereocenters. The minimum Gasteiger partial charge on any atom is -0.494 e. The number of Topliss-reactive ketones (excluding diaryl/α,β-unsaturated/α-hetero) is 1. The molecule has 0 unspecified atom stereocenters. The molecule has 1 aromatic heterocycles. The number of rotatable bonds is 1. The van der Waals surface area contributed by atoms with Crippen LogP contribution in [0.3, 0.4) is 0 Å². The predicted molar refractivity (Wildman–Crippen MR) is 73.4 cm³/mol. The summed E-state index contributed by atoms with van der Waals surface area (Å²) in [5.74, 6) is -3.01. The van der Waals surface area contributed by atoms with Crippen LogP contribution in [0, 0.1) is 11.6 Å². The van der Waals surface area contributed by atoms with Crippen LogP contribution >= 0.6 is 0 Å². The lowest BCUT2D eigenvalue weighted by Gasteiger charge is -2.34. The molecule has 0 spiro atoms. The van der Waals surface area contributed by atoms with Gasteiger partial charge in [-0.25, -0.2) is 8.78 Å². The minimum absolute atomic E-state index is 0.0569. The molecule has 0 radical (unpaired) electrons. The van der Waals surface area contributed by atoms with Gasteiger partial charge in [-0.2, -0.15) is 0 Å². The van der Waals surface area contributed by atoms with Crippen molar-refractivity contribution < 1.29 is 23.8 Å². The molecular formula is C16H13F2NO3. The molecule has 2 aromatic rings. The highest BCUT2D eigenvalue weighted by Crippen LogP contribution is 2.55. The Morgan fingerprint density at radius 2 is 1.77 bits per heavy atom. The highest BCUT2D eigenvalue weighted by molar-refractivity contribution is 5.91. The Balaban J connectivity index is 1.96. The van der Waals surface area contributed by atoms with Gasteiger partial charge in [0.05, 0.1) is 5.69 Å². The highest BCUT2D eigenvalue weighted by atomic mass is 19.2. The van der Waals surface area contributed by atoms with Crippen molar-refractivity contribution in [1.82, 2.24) is 4.57 Å². The van der Waals surface area contributed by atoms with Crippen LogP contribution in [0.1, 0.15) is 42.2 Å². The van der Waals surface area contributed by atoms with Gasteiger partial charge in [-0.05, 0) is 30.9 Å². The van der Waals surface area contributed by atoms with Gasteiger partial charge in [-0.15, -0.1) is 0 Å². The summed E-state index contributed by atoms with van der Waals surface area (Å²) in [6, 6.07) is 3.11. The van der Waals surface area contributed by atoms with Gasteiger partial charge in [-0.1, -0.05) is 0 Å². The van der Waals surface area contributed by atoms with E-state index in [9.17, 15) is 23.8 Å². The molecule has 2 N–H and O–H groups in total. The molecule has 1 heterocycles. The first-order valence-corrected chi connectivity index (χ1v) is 7.13. The number of aromatic nitrogens is 1. The summed E-state index contributed by atoms with van der Waals surface area (Å²) < 4.78 is 27.6. The normalized spacial score (nSPS) is 22.9. The maximum absolute atomic E-state index is 13.4. The standard InChI is InChI=1S/C16H13F2NO3/c17-10-4-2-8(6-11(10)18)19-15(21)13-7-1-3-9(12(20)5-7)14(13)16(19)22/h2,4,6-7,9,21-22H,1,3,5H2/t7-,9+/m0/s1. The third kappa shape index (κ3) is 1.58. The fourth-order valence-electron chi connectivity index (χ4n) is 3.76. The topological polar surface area (TPSA) is 62.5 Å². The van der Waals surface area contributed by atoms with Gasteiger partial charge in [0.25, 0.3) is 0 Å². The second-order valence-corrected chi connectivity index (χ2v) is 5.91. The van der Waals surface area contributed by atoms with Crippen molar-refractivity contribution in [3.05, 3.63) is 41.0 Å². The summed E-state index contributed by atoms with van der Waals surface area (Å²) >= 11 is 0. The third-order valence-electron chi connectivity index (χ3n) is 4.75. The number of nitrogens with zero attached hydrogens (tertiary/aromatic N) is 1. The monoisotopic (exact) mass is 305 g/mol. The summed E-state index contributed by atoms with van der Waals surface area (Å²) in [6.45, 7) is 0. The molecule has 0 saturated heterocycles. The SMILES string of the molecule is O=C1C[C@@H]2CC[C@H]1c1c2c(O)n(-c2ccc(F)c(F)c2)c1O. The van der Waals surface area contributed by atoms with E-state index in [1.54, 1.807) is 0 Å². The Kier molecular flexibility index (Phi) is 2.61. The van der Waals surface area contributed by atoms with Gasteiger partial charge in [0.2, 0.25) is 11.8 Å². The molecule has 1 aromatic carbocycles. The van der Waals surface area contributed by atoms with Crippen molar-refractivity contribution in [3.8, 4) is 17.4 Å². The van der Waals surface area contributed by atoms with Crippen molar-refractivity contribution in [2.45, 2.75) is 31.1 Å².